The molecule has 2 N–H and O–H groups in total. The minimum atomic E-state index is -5.59. The van der Waals surface area contributed by atoms with Crippen molar-refractivity contribution in [3.8, 4) is 0 Å². The van der Waals surface area contributed by atoms with Gasteiger partial charge in [0.2, 0.25) is 0 Å². The van der Waals surface area contributed by atoms with E-state index in [1.807, 2.05) is 31.2 Å². The van der Waals surface area contributed by atoms with Crippen molar-refractivity contribution in [1.29, 1.82) is 0 Å². The number of alkyl halides is 2. The van der Waals surface area contributed by atoms with Crippen molar-refractivity contribution in [1.82, 2.24) is 0 Å². The Balaban J connectivity index is 1.97. The normalized spacial score (nSPS) is 12.4. The van der Waals surface area contributed by atoms with Crippen LogP contribution < -0.4 is 0 Å². The largest absolute Gasteiger partial charge is 0.399 e. The van der Waals surface area contributed by atoms with Gasteiger partial charge >= 0.3 is 13.3 Å². The number of benzene rings is 2. The molecule has 25 heavy (non-hydrogen) atoms. The molecule has 0 aliphatic rings. The molecule has 0 atom stereocenters. The van der Waals surface area contributed by atoms with E-state index < -0.39 is 18.8 Å². The van der Waals surface area contributed by atoms with Crippen LogP contribution in [-0.4, -0.2) is 16.4 Å². The predicted molar refractivity (Wildman–Crippen MR) is 94.6 cm³/mol. The van der Waals surface area contributed by atoms with Gasteiger partial charge in [0.1, 0.15) is 0 Å². The summed E-state index contributed by atoms with van der Waals surface area (Å²) in [4.78, 5) is 17.6. The summed E-state index contributed by atoms with van der Waals surface area (Å²) in [6, 6.07) is 11.7. The van der Waals surface area contributed by atoms with Gasteiger partial charge in [-0.2, -0.15) is 8.78 Å². The maximum Gasteiger partial charge on any atom is 0.399 e. The minimum absolute atomic E-state index is 0.0687. The van der Waals surface area contributed by atoms with E-state index in [1.165, 1.54) is 23.3 Å². The first-order chi connectivity index (χ1) is 11.6. The second-order valence-corrected chi connectivity index (χ2v) is 8.13. The van der Waals surface area contributed by atoms with Crippen LogP contribution in [0.15, 0.2) is 46.9 Å². The zero-order chi connectivity index (χ0) is 18.7. The molecule has 0 heterocycles. The third kappa shape index (κ3) is 4.96. The van der Waals surface area contributed by atoms with Crippen LogP contribution in [0.25, 0.3) is 0 Å². The monoisotopic (exact) mass is 434 g/mol. The quantitative estimate of drug-likeness (QED) is 0.487. The molecule has 4 nitrogen and oxygen atoms in total. The summed E-state index contributed by atoms with van der Waals surface area (Å²) in [6.45, 7) is 2.71. The lowest BCUT2D eigenvalue weighted by Crippen LogP contribution is -2.14. The molecule has 136 valence electrons. The van der Waals surface area contributed by atoms with E-state index in [-0.39, 0.29) is 11.1 Å². The summed E-state index contributed by atoms with van der Waals surface area (Å²) in [6.07, 6.45) is 0.738. The highest BCUT2D eigenvalue weighted by Crippen LogP contribution is 2.60. The molecule has 2 aromatic rings. The average molecular weight is 435 g/mol. The third-order valence-corrected chi connectivity index (χ3v) is 5.40. The lowest BCUT2D eigenvalue weighted by Gasteiger charge is -2.19. The van der Waals surface area contributed by atoms with Crippen molar-refractivity contribution in [3.63, 3.8) is 0 Å². The van der Waals surface area contributed by atoms with Crippen molar-refractivity contribution in [2.45, 2.75) is 25.6 Å². The molecule has 0 radical (unpaired) electrons. The van der Waals surface area contributed by atoms with Crippen LogP contribution in [-0.2, 0) is 28.0 Å². The van der Waals surface area contributed by atoms with E-state index in [9.17, 15) is 13.3 Å². The fraction of sp³-hybridized carbons (Fsp3) is 0.294. The summed E-state index contributed by atoms with van der Waals surface area (Å²) in [5.74, 6) is 0. The van der Waals surface area contributed by atoms with Gasteiger partial charge in [-0.1, -0.05) is 52.3 Å². The van der Waals surface area contributed by atoms with E-state index in [2.05, 4.69) is 15.9 Å². The van der Waals surface area contributed by atoms with Gasteiger partial charge in [0.05, 0.1) is 13.2 Å². The Morgan fingerprint density at radius 3 is 2.48 bits per heavy atom. The minimum Gasteiger partial charge on any atom is -0.376 e. The molecule has 2 aromatic carbocycles. The lowest BCUT2D eigenvalue weighted by molar-refractivity contribution is 0.0556. The van der Waals surface area contributed by atoms with Crippen LogP contribution in [0, 0.1) is 6.92 Å². The van der Waals surface area contributed by atoms with Crippen LogP contribution in [0.3, 0.4) is 0 Å². The number of halogens is 3. The van der Waals surface area contributed by atoms with Gasteiger partial charge in [0, 0.05) is 10.0 Å². The summed E-state index contributed by atoms with van der Waals surface area (Å²) < 4.78 is 44.0. The van der Waals surface area contributed by atoms with E-state index in [0.29, 0.717) is 12.2 Å². The Labute approximate surface area is 153 Å². The molecule has 0 fully saturated rings. The first-order valence-electron chi connectivity index (χ1n) is 7.47. The van der Waals surface area contributed by atoms with Crippen molar-refractivity contribution in [3.05, 3.63) is 69.2 Å². The molecule has 0 aliphatic carbocycles. The van der Waals surface area contributed by atoms with Crippen LogP contribution in [0.4, 0.5) is 8.78 Å². The average Bonchev–Trinajstić information content (AvgIpc) is 2.52. The molecule has 2 rings (SSSR count). The van der Waals surface area contributed by atoms with E-state index in [4.69, 9.17) is 14.5 Å². The van der Waals surface area contributed by atoms with Gasteiger partial charge < -0.3 is 14.5 Å². The highest BCUT2D eigenvalue weighted by atomic mass is 79.9. The van der Waals surface area contributed by atoms with Gasteiger partial charge in [-0.05, 0) is 36.1 Å². The van der Waals surface area contributed by atoms with Crippen LogP contribution >= 0.6 is 23.5 Å². The van der Waals surface area contributed by atoms with E-state index >= 15 is 0 Å². The van der Waals surface area contributed by atoms with E-state index in [1.54, 1.807) is 0 Å². The molecule has 0 aliphatic heterocycles. The molecule has 0 saturated carbocycles. The lowest BCUT2D eigenvalue weighted by atomic mass is 10.1. The van der Waals surface area contributed by atoms with Crippen LogP contribution in [0.5, 0.6) is 0 Å². The second kappa shape index (κ2) is 8.06. The van der Waals surface area contributed by atoms with Crippen molar-refractivity contribution < 1.29 is 27.9 Å². The van der Waals surface area contributed by atoms with E-state index in [0.717, 1.165) is 12.5 Å². The Bertz CT molecular complexity index is 792. The van der Waals surface area contributed by atoms with Crippen molar-refractivity contribution in [2.75, 3.05) is 6.61 Å². The number of ether oxygens (including phenoxy) is 1. The highest BCUT2D eigenvalue weighted by molar-refractivity contribution is 9.10. The third-order valence-electron chi connectivity index (χ3n) is 3.77. The standard InChI is InChI=1S/C17H18BrF2O4P/c1-12-4-2-3-5-14(12)8-9-24-11-13-6-7-15(16(18)10-13)17(19,20)25(21,22)23/h2-7,10H,8-9,11H2,1H3,(H2,21,22,23). The molecular weight excluding hydrogens is 417 g/mol. The van der Waals surface area contributed by atoms with Crippen molar-refractivity contribution >= 4 is 23.5 Å². The van der Waals surface area contributed by atoms with Gasteiger partial charge in [-0.25, -0.2) is 0 Å². The molecule has 0 saturated heterocycles. The maximum atomic E-state index is 13.8. The summed E-state index contributed by atoms with van der Waals surface area (Å²) in [5, 5.41) is 0. The summed E-state index contributed by atoms with van der Waals surface area (Å²) in [7, 11) is -5.59. The Morgan fingerprint density at radius 1 is 1.20 bits per heavy atom. The summed E-state index contributed by atoms with van der Waals surface area (Å²) >= 11 is 2.95. The molecule has 0 unspecified atom stereocenters. The molecule has 0 aromatic heterocycles. The number of hydrogen-bond acceptors (Lipinski definition) is 2. The zero-order valence-corrected chi connectivity index (χ0v) is 15.9. The first kappa shape index (κ1) is 20.2. The van der Waals surface area contributed by atoms with Gasteiger partial charge in [0.25, 0.3) is 0 Å². The highest BCUT2D eigenvalue weighted by Gasteiger charge is 2.51. The number of hydrogen-bond donors (Lipinski definition) is 2. The Kier molecular flexibility index (Phi) is 6.51. The van der Waals surface area contributed by atoms with Gasteiger partial charge in [-0.15, -0.1) is 0 Å². The van der Waals surface area contributed by atoms with Crippen molar-refractivity contribution in [2.24, 2.45) is 0 Å². The zero-order valence-electron chi connectivity index (χ0n) is 13.5. The fourth-order valence-corrected chi connectivity index (χ4v) is 3.65. The number of rotatable bonds is 7. The van der Waals surface area contributed by atoms with Gasteiger partial charge in [0.15, 0.2) is 0 Å². The Morgan fingerprint density at radius 2 is 1.88 bits per heavy atom. The van der Waals surface area contributed by atoms with Crippen LogP contribution in [0.2, 0.25) is 0 Å². The maximum absolute atomic E-state index is 13.8. The smallest absolute Gasteiger partial charge is 0.376 e. The molecule has 0 spiro atoms. The molecule has 0 bridgehead atoms. The van der Waals surface area contributed by atoms with Crippen LogP contribution in [0.1, 0.15) is 22.3 Å². The Hall–Kier alpha value is -1.11. The van der Waals surface area contributed by atoms with Gasteiger partial charge in [-0.3, -0.25) is 4.57 Å². The topological polar surface area (TPSA) is 66.8 Å². The summed E-state index contributed by atoms with van der Waals surface area (Å²) in [5.41, 5.74) is -2.00. The molecule has 0 amide bonds. The first-order valence-corrected chi connectivity index (χ1v) is 9.88. The molecular formula is C17H18BrF2O4P. The fourth-order valence-electron chi connectivity index (χ4n) is 2.31. The predicted octanol–water partition coefficient (Wildman–Crippen LogP) is 4.74. The number of aryl methyl sites for hydroxylation is 1. The second-order valence-electron chi connectivity index (χ2n) is 5.63. The SMILES string of the molecule is Cc1ccccc1CCOCc1ccc(C(F)(F)P(=O)(O)O)c(Br)c1. The molecule has 8 heteroatoms.